The van der Waals surface area contributed by atoms with E-state index in [9.17, 15) is 0 Å². The molecule has 0 N–H and O–H groups in total. The minimum absolute atomic E-state index is 0.0903. The first-order chi connectivity index (χ1) is 5.38. The van der Waals surface area contributed by atoms with Gasteiger partial charge in [0.2, 0.25) is 0 Å². The van der Waals surface area contributed by atoms with Gasteiger partial charge in [-0.05, 0) is 6.42 Å². The van der Waals surface area contributed by atoms with E-state index in [1.54, 1.807) is 24.6 Å². The molecule has 0 aliphatic carbocycles. The van der Waals surface area contributed by atoms with Crippen LogP contribution in [0.5, 0.6) is 0 Å². The van der Waals surface area contributed by atoms with Gasteiger partial charge in [-0.15, -0.1) is 17.9 Å². The molecule has 1 atom stereocenters. The van der Waals surface area contributed by atoms with E-state index in [0.717, 1.165) is 11.4 Å². The van der Waals surface area contributed by atoms with Crippen LogP contribution in [0.4, 0.5) is 0 Å². The number of aromatic nitrogens is 1. The first kappa shape index (κ1) is 8.43. The lowest BCUT2D eigenvalue weighted by Crippen LogP contribution is -1.98. The van der Waals surface area contributed by atoms with Crippen LogP contribution in [0.3, 0.4) is 0 Å². The van der Waals surface area contributed by atoms with Gasteiger partial charge in [0.05, 0.1) is 0 Å². The van der Waals surface area contributed by atoms with Crippen molar-refractivity contribution in [1.29, 1.82) is 0 Å². The van der Waals surface area contributed by atoms with E-state index in [0.29, 0.717) is 0 Å². The van der Waals surface area contributed by atoms with Gasteiger partial charge in [0, 0.05) is 18.7 Å². The zero-order valence-electron chi connectivity index (χ0n) is 6.49. The van der Waals surface area contributed by atoms with Crippen LogP contribution in [0.1, 0.15) is 17.5 Å². The van der Waals surface area contributed by atoms with Crippen molar-refractivity contribution in [2.24, 2.45) is 0 Å². The number of hydrogen-bond donors (Lipinski definition) is 0. The van der Waals surface area contributed by atoms with Crippen molar-refractivity contribution in [2.45, 2.75) is 12.5 Å². The van der Waals surface area contributed by atoms with Crippen molar-refractivity contribution >= 4 is 11.3 Å². The second-order valence-electron chi connectivity index (χ2n) is 2.12. The number of nitrogens with zero attached hydrogens (tertiary/aromatic N) is 1. The van der Waals surface area contributed by atoms with Gasteiger partial charge in [-0.1, -0.05) is 6.08 Å². The van der Waals surface area contributed by atoms with Crippen LogP contribution in [-0.2, 0) is 4.74 Å². The summed E-state index contributed by atoms with van der Waals surface area (Å²) in [5, 5.41) is 2.97. The van der Waals surface area contributed by atoms with Crippen molar-refractivity contribution in [3.8, 4) is 0 Å². The maximum absolute atomic E-state index is 5.21. The standard InChI is InChI=1S/C8H11NOS/c1-3-4-7(10-2)8-9-5-6-11-8/h3,5-7H,1,4H2,2H3. The second kappa shape index (κ2) is 4.26. The van der Waals surface area contributed by atoms with Gasteiger partial charge >= 0.3 is 0 Å². The van der Waals surface area contributed by atoms with E-state index in [2.05, 4.69) is 11.6 Å². The summed E-state index contributed by atoms with van der Waals surface area (Å²) in [4.78, 5) is 4.15. The van der Waals surface area contributed by atoms with Crippen LogP contribution in [-0.4, -0.2) is 12.1 Å². The summed E-state index contributed by atoms with van der Waals surface area (Å²) in [5.74, 6) is 0. The Morgan fingerprint density at radius 1 is 1.91 bits per heavy atom. The Balaban J connectivity index is 2.62. The fraction of sp³-hybridized carbons (Fsp3) is 0.375. The molecule has 1 rings (SSSR count). The molecule has 0 fully saturated rings. The molecule has 0 aliphatic heterocycles. The highest BCUT2D eigenvalue weighted by Gasteiger charge is 2.09. The van der Waals surface area contributed by atoms with E-state index < -0.39 is 0 Å². The van der Waals surface area contributed by atoms with Crippen LogP contribution in [0, 0.1) is 0 Å². The van der Waals surface area contributed by atoms with Crippen LogP contribution in [0.2, 0.25) is 0 Å². The van der Waals surface area contributed by atoms with Crippen LogP contribution in [0.15, 0.2) is 24.2 Å². The molecule has 0 radical (unpaired) electrons. The molecular formula is C8H11NOS. The minimum atomic E-state index is 0.0903. The van der Waals surface area contributed by atoms with Gasteiger partial charge in [0.25, 0.3) is 0 Å². The highest BCUT2D eigenvalue weighted by molar-refractivity contribution is 7.09. The molecule has 0 saturated carbocycles. The van der Waals surface area contributed by atoms with Crippen LogP contribution < -0.4 is 0 Å². The van der Waals surface area contributed by atoms with Crippen molar-refractivity contribution < 1.29 is 4.74 Å². The largest absolute Gasteiger partial charge is 0.374 e. The lowest BCUT2D eigenvalue weighted by molar-refractivity contribution is 0.106. The van der Waals surface area contributed by atoms with Gasteiger partial charge in [-0.25, -0.2) is 4.98 Å². The van der Waals surface area contributed by atoms with E-state index >= 15 is 0 Å². The summed E-state index contributed by atoms with van der Waals surface area (Å²) < 4.78 is 5.21. The number of hydrogen-bond acceptors (Lipinski definition) is 3. The Morgan fingerprint density at radius 2 is 2.73 bits per heavy atom. The fourth-order valence-electron chi connectivity index (χ4n) is 0.843. The topological polar surface area (TPSA) is 22.1 Å². The highest BCUT2D eigenvalue weighted by Crippen LogP contribution is 2.22. The van der Waals surface area contributed by atoms with E-state index in [4.69, 9.17) is 4.74 Å². The average molecular weight is 169 g/mol. The molecule has 1 heterocycles. The molecule has 3 heteroatoms. The van der Waals surface area contributed by atoms with Crippen molar-refractivity contribution in [3.63, 3.8) is 0 Å². The van der Waals surface area contributed by atoms with Gasteiger partial charge in [0.15, 0.2) is 0 Å². The summed E-state index contributed by atoms with van der Waals surface area (Å²) in [6.07, 6.45) is 4.54. The maximum Gasteiger partial charge on any atom is 0.122 e. The predicted molar refractivity (Wildman–Crippen MR) is 46.7 cm³/mol. The Labute approximate surface area is 70.5 Å². The molecule has 0 saturated heterocycles. The van der Waals surface area contributed by atoms with E-state index in [1.807, 2.05) is 11.5 Å². The first-order valence-electron chi connectivity index (χ1n) is 3.41. The summed E-state index contributed by atoms with van der Waals surface area (Å²) in [7, 11) is 1.69. The number of rotatable bonds is 4. The summed E-state index contributed by atoms with van der Waals surface area (Å²) in [6.45, 7) is 3.66. The minimum Gasteiger partial charge on any atom is -0.374 e. The maximum atomic E-state index is 5.21. The lowest BCUT2D eigenvalue weighted by atomic mass is 10.2. The summed E-state index contributed by atoms with van der Waals surface area (Å²) in [6, 6.07) is 0. The van der Waals surface area contributed by atoms with Gasteiger partial charge in [-0.3, -0.25) is 0 Å². The Morgan fingerprint density at radius 3 is 3.18 bits per heavy atom. The molecule has 1 aromatic rings. The third kappa shape index (κ3) is 2.13. The monoisotopic (exact) mass is 169 g/mol. The Bertz CT molecular complexity index is 208. The summed E-state index contributed by atoms with van der Waals surface area (Å²) >= 11 is 1.61. The molecule has 11 heavy (non-hydrogen) atoms. The zero-order valence-corrected chi connectivity index (χ0v) is 7.30. The van der Waals surface area contributed by atoms with Gasteiger partial charge in [0.1, 0.15) is 11.1 Å². The zero-order chi connectivity index (χ0) is 8.10. The second-order valence-corrected chi connectivity index (χ2v) is 3.05. The summed E-state index contributed by atoms with van der Waals surface area (Å²) in [5.41, 5.74) is 0. The average Bonchev–Trinajstić information content (AvgIpc) is 2.52. The number of methoxy groups -OCH3 is 1. The van der Waals surface area contributed by atoms with Crippen molar-refractivity contribution in [2.75, 3.05) is 7.11 Å². The van der Waals surface area contributed by atoms with Gasteiger partial charge < -0.3 is 4.74 Å². The van der Waals surface area contributed by atoms with Crippen LogP contribution >= 0.6 is 11.3 Å². The van der Waals surface area contributed by atoms with E-state index in [1.165, 1.54) is 0 Å². The number of ether oxygens (including phenoxy) is 1. The molecule has 0 aromatic carbocycles. The molecule has 0 spiro atoms. The fourth-order valence-corrected chi connectivity index (χ4v) is 1.57. The third-order valence-corrected chi connectivity index (χ3v) is 2.26. The first-order valence-corrected chi connectivity index (χ1v) is 4.29. The molecular weight excluding hydrogens is 158 g/mol. The molecule has 60 valence electrons. The molecule has 0 aliphatic rings. The Hall–Kier alpha value is -0.670. The molecule has 0 bridgehead atoms. The quantitative estimate of drug-likeness (QED) is 0.646. The predicted octanol–water partition coefficient (Wildman–Crippen LogP) is 2.41. The Kier molecular flexibility index (Phi) is 3.26. The van der Waals surface area contributed by atoms with Crippen molar-refractivity contribution in [1.82, 2.24) is 4.98 Å². The van der Waals surface area contributed by atoms with Crippen molar-refractivity contribution in [3.05, 3.63) is 29.2 Å². The van der Waals surface area contributed by atoms with Crippen LogP contribution in [0.25, 0.3) is 0 Å². The SMILES string of the molecule is C=CCC(OC)c1nccs1. The highest BCUT2D eigenvalue weighted by atomic mass is 32.1. The molecule has 1 aromatic heterocycles. The van der Waals surface area contributed by atoms with E-state index in [-0.39, 0.29) is 6.10 Å². The molecule has 0 amide bonds. The molecule has 2 nitrogen and oxygen atoms in total. The third-order valence-electron chi connectivity index (χ3n) is 1.39. The van der Waals surface area contributed by atoms with Gasteiger partial charge in [-0.2, -0.15) is 0 Å². The smallest absolute Gasteiger partial charge is 0.122 e. The molecule has 1 unspecified atom stereocenters. The lowest BCUT2D eigenvalue weighted by Gasteiger charge is -2.08. The normalized spacial score (nSPS) is 12.8. The number of thiazole rings is 1.